The second kappa shape index (κ2) is 9.09. The van der Waals surface area contributed by atoms with Crippen LogP contribution in [0.15, 0.2) is 18.2 Å². The summed E-state index contributed by atoms with van der Waals surface area (Å²) in [7, 11) is 0. The first kappa shape index (κ1) is 19.1. The van der Waals surface area contributed by atoms with Gasteiger partial charge in [-0.1, -0.05) is 6.92 Å². The van der Waals surface area contributed by atoms with Gasteiger partial charge in [0.05, 0.1) is 10.5 Å². The number of hydrogen-bond donors (Lipinski definition) is 2. The predicted octanol–water partition coefficient (Wildman–Crippen LogP) is 2.35. The van der Waals surface area contributed by atoms with Gasteiger partial charge >= 0.3 is 0 Å². The summed E-state index contributed by atoms with van der Waals surface area (Å²) in [6.07, 6.45) is 0. The third-order valence-electron chi connectivity index (χ3n) is 2.53. The lowest BCUT2D eigenvalue weighted by Gasteiger charge is -2.13. The summed E-state index contributed by atoms with van der Waals surface area (Å²) >= 11 is 1.93. The molecule has 8 heteroatoms. The van der Waals surface area contributed by atoms with Crippen molar-refractivity contribution in [2.45, 2.75) is 19.9 Å². The minimum absolute atomic E-state index is 0. The van der Waals surface area contributed by atoms with E-state index in [4.69, 9.17) is 0 Å². The Morgan fingerprint density at radius 3 is 2.65 bits per heavy atom. The van der Waals surface area contributed by atoms with E-state index in [0.717, 1.165) is 6.54 Å². The fourth-order valence-electron chi connectivity index (χ4n) is 1.56. The zero-order valence-corrected chi connectivity index (χ0v) is 14.2. The highest BCUT2D eigenvalue weighted by Crippen LogP contribution is 2.19. The first-order chi connectivity index (χ1) is 8.95. The number of nitro groups is 1. The van der Waals surface area contributed by atoms with Crippen LogP contribution in [0.5, 0.6) is 0 Å². The lowest BCUT2D eigenvalue weighted by atomic mass is 10.2. The first-order valence-electron chi connectivity index (χ1n) is 5.91. The van der Waals surface area contributed by atoms with Gasteiger partial charge in [-0.3, -0.25) is 14.9 Å². The Balaban J connectivity index is 0.00000361. The van der Waals surface area contributed by atoms with Gasteiger partial charge in [-0.25, -0.2) is 0 Å². The summed E-state index contributed by atoms with van der Waals surface area (Å²) in [6, 6.07) is 4.39. The molecule has 112 valence electrons. The molecule has 0 unspecified atom stereocenters. The molecule has 1 aromatic carbocycles. The Labute approximate surface area is 137 Å². The Bertz CT molecular complexity index is 485. The molecule has 1 atom stereocenters. The zero-order valence-electron chi connectivity index (χ0n) is 11.2. The second-order valence-corrected chi connectivity index (χ2v) is 5.25. The van der Waals surface area contributed by atoms with E-state index < -0.39 is 4.92 Å². The number of benzene rings is 1. The van der Waals surface area contributed by atoms with Gasteiger partial charge in [0.25, 0.3) is 11.6 Å². The Morgan fingerprint density at radius 1 is 1.50 bits per heavy atom. The number of likely N-dealkylation sites (N-methyl/N-ethyl adjacent to an activating group) is 1. The number of halogens is 2. The number of carbonyl (C=O) groups excluding carboxylic acids is 1. The van der Waals surface area contributed by atoms with Crippen LogP contribution >= 0.6 is 35.0 Å². The SMILES string of the molecule is CCN[C@H](C)CNC(=O)c1ccc([N+](=O)[O-])cc1I.Cl. The van der Waals surface area contributed by atoms with Crippen molar-refractivity contribution < 1.29 is 9.72 Å². The third-order valence-corrected chi connectivity index (χ3v) is 3.42. The minimum atomic E-state index is -0.475. The lowest BCUT2D eigenvalue weighted by Crippen LogP contribution is -2.39. The van der Waals surface area contributed by atoms with Crippen LogP contribution in [-0.4, -0.2) is 30.0 Å². The summed E-state index contributed by atoms with van der Waals surface area (Å²) in [5, 5.41) is 16.6. The summed E-state index contributed by atoms with van der Waals surface area (Å²) in [4.78, 5) is 22.1. The maximum atomic E-state index is 11.9. The molecule has 0 spiro atoms. The number of amides is 1. The average molecular weight is 414 g/mol. The van der Waals surface area contributed by atoms with E-state index in [1.165, 1.54) is 18.2 Å². The smallest absolute Gasteiger partial charge is 0.270 e. The molecule has 0 aliphatic heterocycles. The molecule has 0 aliphatic rings. The molecule has 0 bridgehead atoms. The standard InChI is InChI=1S/C12H16IN3O3.ClH/c1-3-14-8(2)7-15-12(17)10-5-4-9(16(18)19)6-11(10)13;/h4-6,8,14H,3,7H2,1-2H3,(H,15,17);1H/t8-;/m1./s1. The van der Waals surface area contributed by atoms with Crippen LogP contribution in [0.25, 0.3) is 0 Å². The van der Waals surface area contributed by atoms with Crippen LogP contribution in [0.2, 0.25) is 0 Å². The molecular weight excluding hydrogens is 397 g/mol. The van der Waals surface area contributed by atoms with E-state index >= 15 is 0 Å². The predicted molar refractivity (Wildman–Crippen MR) is 88.5 cm³/mol. The number of carbonyl (C=O) groups is 1. The Kier molecular flexibility index (Phi) is 8.67. The molecule has 0 aromatic heterocycles. The Morgan fingerprint density at radius 2 is 2.15 bits per heavy atom. The van der Waals surface area contributed by atoms with Crippen molar-refractivity contribution in [1.82, 2.24) is 10.6 Å². The van der Waals surface area contributed by atoms with Crippen LogP contribution in [0.4, 0.5) is 5.69 Å². The topological polar surface area (TPSA) is 84.3 Å². The van der Waals surface area contributed by atoms with E-state index in [2.05, 4.69) is 10.6 Å². The van der Waals surface area contributed by atoms with Gasteiger partial charge in [-0.2, -0.15) is 0 Å². The van der Waals surface area contributed by atoms with Gasteiger partial charge in [-0.15, -0.1) is 12.4 Å². The summed E-state index contributed by atoms with van der Waals surface area (Å²) in [6.45, 7) is 5.33. The van der Waals surface area contributed by atoms with Crippen molar-refractivity contribution in [2.75, 3.05) is 13.1 Å². The van der Waals surface area contributed by atoms with Crippen molar-refractivity contribution in [3.63, 3.8) is 0 Å². The molecule has 1 aromatic rings. The fraction of sp³-hybridized carbons (Fsp3) is 0.417. The van der Waals surface area contributed by atoms with Crippen molar-refractivity contribution in [3.05, 3.63) is 37.4 Å². The van der Waals surface area contributed by atoms with Gasteiger partial charge in [0, 0.05) is 28.3 Å². The van der Waals surface area contributed by atoms with Crippen LogP contribution in [-0.2, 0) is 0 Å². The first-order valence-corrected chi connectivity index (χ1v) is 6.99. The highest BCUT2D eigenvalue weighted by Gasteiger charge is 2.14. The van der Waals surface area contributed by atoms with Crippen LogP contribution in [0.1, 0.15) is 24.2 Å². The molecule has 20 heavy (non-hydrogen) atoms. The van der Waals surface area contributed by atoms with E-state index in [1.807, 2.05) is 36.4 Å². The highest BCUT2D eigenvalue weighted by atomic mass is 127. The average Bonchev–Trinajstić information content (AvgIpc) is 2.36. The van der Waals surface area contributed by atoms with Crippen LogP contribution in [0.3, 0.4) is 0 Å². The molecule has 0 heterocycles. The molecule has 1 rings (SSSR count). The second-order valence-electron chi connectivity index (χ2n) is 4.09. The van der Waals surface area contributed by atoms with E-state index in [0.29, 0.717) is 15.7 Å². The van der Waals surface area contributed by atoms with Gasteiger partial charge in [-0.05, 0) is 42.1 Å². The molecule has 0 radical (unpaired) electrons. The molecular formula is C12H17ClIN3O3. The maximum absolute atomic E-state index is 11.9. The van der Waals surface area contributed by atoms with Gasteiger partial charge in [0.2, 0.25) is 0 Å². The number of hydrogen-bond acceptors (Lipinski definition) is 4. The molecule has 0 aliphatic carbocycles. The Hall–Kier alpha value is -0.930. The zero-order chi connectivity index (χ0) is 14.4. The largest absolute Gasteiger partial charge is 0.350 e. The van der Waals surface area contributed by atoms with Crippen molar-refractivity contribution in [3.8, 4) is 0 Å². The number of nitrogens with one attached hydrogen (secondary N) is 2. The number of nitrogens with zero attached hydrogens (tertiary/aromatic N) is 1. The van der Waals surface area contributed by atoms with E-state index in [1.54, 1.807) is 0 Å². The fourth-order valence-corrected chi connectivity index (χ4v) is 2.31. The number of rotatable bonds is 6. The summed E-state index contributed by atoms with van der Waals surface area (Å²) < 4.78 is 0.570. The van der Waals surface area contributed by atoms with Crippen molar-refractivity contribution >= 4 is 46.6 Å². The normalized spacial score (nSPS) is 11.3. The molecule has 1 amide bonds. The molecule has 0 fully saturated rings. The highest BCUT2D eigenvalue weighted by molar-refractivity contribution is 14.1. The third kappa shape index (κ3) is 5.59. The quantitative estimate of drug-likeness (QED) is 0.426. The van der Waals surface area contributed by atoms with E-state index in [-0.39, 0.29) is 30.0 Å². The van der Waals surface area contributed by atoms with Crippen LogP contribution < -0.4 is 10.6 Å². The molecule has 6 nitrogen and oxygen atoms in total. The minimum Gasteiger partial charge on any atom is -0.350 e. The maximum Gasteiger partial charge on any atom is 0.270 e. The number of nitro benzene ring substituents is 1. The van der Waals surface area contributed by atoms with Gasteiger partial charge in [0.15, 0.2) is 0 Å². The molecule has 0 saturated carbocycles. The molecule has 0 saturated heterocycles. The van der Waals surface area contributed by atoms with Crippen molar-refractivity contribution in [2.24, 2.45) is 0 Å². The summed E-state index contributed by atoms with van der Waals surface area (Å²) in [5.41, 5.74) is 0.442. The monoisotopic (exact) mass is 413 g/mol. The van der Waals surface area contributed by atoms with E-state index in [9.17, 15) is 14.9 Å². The number of non-ortho nitro benzene ring substituents is 1. The van der Waals surface area contributed by atoms with Gasteiger partial charge < -0.3 is 10.6 Å². The lowest BCUT2D eigenvalue weighted by molar-refractivity contribution is -0.384. The van der Waals surface area contributed by atoms with Gasteiger partial charge in [0.1, 0.15) is 0 Å². The van der Waals surface area contributed by atoms with Crippen LogP contribution in [0, 0.1) is 13.7 Å². The molecule has 2 N–H and O–H groups in total. The summed E-state index contributed by atoms with van der Waals surface area (Å²) in [5.74, 6) is -0.218. The van der Waals surface area contributed by atoms with Crippen molar-refractivity contribution in [1.29, 1.82) is 0 Å².